The number of carbonyl (C=O) groups is 2. The first kappa shape index (κ1) is 19.6. The van der Waals surface area contributed by atoms with Crippen LogP contribution in [0.2, 0.25) is 0 Å². The van der Waals surface area contributed by atoms with Gasteiger partial charge in [-0.25, -0.2) is 4.39 Å². The molecule has 2 amide bonds. The number of nitrogens with zero attached hydrogens (tertiary/aromatic N) is 2. The van der Waals surface area contributed by atoms with Crippen LogP contribution in [0.5, 0.6) is 0 Å². The number of amides is 2. The molecule has 1 aromatic carbocycles. The molecule has 1 aliphatic heterocycles. The van der Waals surface area contributed by atoms with Crippen LogP contribution >= 0.6 is 0 Å². The smallest absolute Gasteiger partial charge is 0.225 e. The number of nitrogens with one attached hydrogen (secondary N) is 1. The molecule has 0 bridgehead atoms. The number of pyridine rings is 1. The Balaban J connectivity index is 1.38. The molecule has 0 spiro atoms. The van der Waals surface area contributed by atoms with Crippen molar-refractivity contribution in [2.45, 2.75) is 44.1 Å². The fourth-order valence-electron chi connectivity index (χ4n) is 4.65. The number of hydrogen-bond donors (Lipinski definition) is 1. The van der Waals surface area contributed by atoms with Gasteiger partial charge in [0.2, 0.25) is 11.8 Å². The quantitative estimate of drug-likeness (QED) is 0.817. The molecular weight excluding hydrogens is 369 g/mol. The van der Waals surface area contributed by atoms with Gasteiger partial charge in [-0.15, -0.1) is 0 Å². The van der Waals surface area contributed by atoms with Crippen LogP contribution in [0.15, 0.2) is 48.8 Å². The lowest BCUT2D eigenvalue weighted by Crippen LogP contribution is -2.42. The second kappa shape index (κ2) is 8.31. The Morgan fingerprint density at radius 3 is 2.69 bits per heavy atom. The van der Waals surface area contributed by atoms with E-state index in [1.165, 1.54) is 6.07 Å². The van der Waals surface area contributed by atoms with Crippen molar-refractivity contribution in [2.75, 3.05) is 13.1 Å². The number of rotatable bonds is 6. The third kappa shape index (κ3) is 4.31. The first-order valence-corrected chi connectivity index (χ1v) is 10.3. The number of benzene rings is 1. The van der Waals surface area contributed by atoms with Crippen LogP contribution in [0.3, 0.4) is 0 Å². The molecule has 1 aromatic heterocycles. The van der Waals surface area contributed by atoms with Crippen molar-refractivity contribution in [2.24, 2.45) is 5.92 Å². The first-order valence-electron chi connectivity index (χ1n) is 10.3. The highest BCUT2D eigenvalue weighted by atomic mass is 19.1. The molecule has 1 atom stereocenters. The molecule has 5 nitrogen and oxygen atoms in total. The van der Waals surface area contributed by atoms with E-state index < -0.39 is 0 Å². The minimum absolute atomic E-state index is 0.00247. The van der Waals surface area contributed by atoms with E-state index in [0.29, 0.717) is 19.6 Å². The first-order chi connectivity index (χ1) is 14.1. The lowest BCUT2D eigenvalue weighted by molar-refractivity contribution is -0.129. The van der Waals surface area contributed by atoms with Gasteiger partial charge >= 0.3 is 0 Å². The zero-order valence-electron chi connectivity index (χ0n) is 16.4. The highest BCUT2D eigenvalue weighted by Crippen LogP contribution is 2.41. The van der Waals surface area contributed by atoms with Gasteiger partial charge in [0.15, 0.2) is 0 Å². The van der Waals surface area contributed by atoms with Gasteiger partial charge in [-0.3, -0.25) is 14.6 Å². The summed E-state index contributed by atoms with van der Waals surface area (Å²) < 4.78 is 13.8. The fourth-order valence-corrected chi connectivity index (χ4v) is 4.65. The number of carbonyl (C=O) groups excluding carboxylic acids is 2. The minimum Gasteiger partial charge on any atom is -0.355 e. The third-order valence-corrected chi connectivity index (χ3v) is 6.31. The summed E-state index contributed by atoms with van der Waals surface area (Å²) >= 11 is 0. The number of halogens is 1. The molecule has 2 heterocycles. The van der Waals surface area contributed by atoms with Crippen LogP contribution in [-0.4, -0.2) is 34.8 Å². The lowest BCUT2D eigenvalue weighted by Gasteiger charge is -2.30. The maximum absolute atomic E-state index is 13.8. The van der Waals surface area contributed by atoms with Crippen molar-refractivity contribution in [3.63, 3.8) is 0 Å². The van der Waals surface area contributed by atoms with Gasteiger partial charge < -0.3 is 10.2 Å². The van der Waals surface area contributed by atoms with Gasteiger partial charge in [-0.05, 0) is 48.2 Å². The van der Waals surface area contributed by atoms with Crippen LogP contribution in [0, 0.1) is 11.7 Å². The molecule has 1 saturated carbocycles. The Bertz CT molecular complexity index is 881. The van der Waals surface area contributed by atoms with E-state index in [-0.39, 0.29) is 35.4 Å². The van der Waals surface area contributed by atoms with Gasteiger partial charge in [0.1, 0.15) is 5.82 Å². The molecule has 2 fully saturated rings. The van der Waals surface area contributed by atoms with Crippen molar-refractivity contribution < 1.29 is 14.0 Å². The molecular formula is C23H26FN3O2. The average molecular weight is 395 g/mol. The van der Waals surface area contributed by atoms with E-state index in [9.17, 15) is 14.0 Å². The monoisotopic (exact) mass is 395 g/mol. The number of hydrogen-bond acceptors (Lipinski definition) is 3. The molecule has 2 aliphatic rings. The van der Waals surface area contributed by atoms with Crippen LogP contribution in [-0.2, 0) is 21.5 Å². The molecule has 1 aliphatic carbocycles. The van der Waals surface area contributed by atoms with E-state index in [2.05, 4.69) is 10.3 Å². The van der Waals surface area contributed by atoms with Gasteiger partial charge in [0, 0.05) is 43.9 Å². The van der Waals surface area contributed by atoms with Gasteiger partial charge in [-0.2, -0.15) is 0 Å². The fraction of sp³-hybridized carbons (Fsp3) is 0.435. The summed E-state index contributed by atoms with van der Waals surface area (Å²) in [6.45, 7) is 1.42. The molecule has 152 valence electrons. The van der Waals surface area contributed by atoms with E-state index in [0.717, 1.165) is 36.8 Å². The Hall–Kier alpha value is -2.76. The Labute approximate surface area is 170 Å². The zero-order valence-corrected chi connectivity index (χ0v) is 16.4. The molecule has 6 heteroatoms. The van der Waals surface area contributed by atoms with Crippen LogP contribution in [0.25, 0.3) is 0 Å². The Kier molecular flexibility index (Phi) is 5.60. The number of aromatic nitrogens is 1. The van der Waals surface area contributed by atoms with E-state index in [1.807, 2.05) is 18.2 Å². The summed E-state index contributed by atoms with van der Waals surface area (Å²) in [4.78, 5) is 30.9. The van der Waals surface area contributed by atoms with Crippen molar-refractivity contribution in [1.82, 2.24) is 15.2 Å². The summed E-state index contributed by atoms with van der Waals surface area (Å²) in [5, 5.41) is 3.08. The third-order valence-electron chi connectivity index (χ3n) is 6.31. The van der Waals surface area contributed by atoms with Crippen molar-refractivity contribution >= 4 is 11.8 Å². The zero-order chi connectivity index (χ0) is 20.3. The maximum Gasteiger partial charge on any atom is 0.225 e. The van der Waals surface area contributed by atoms with Crippen LogP contribution in [0.4, 0.5) is 4.39 Å². The van der Waals surface area contributed by atoms with E-state index in [4.69, 9.17) is 0 Å². The lowest BCUT2D eigenvalue weighted by atomic mass is 9.78. The molecule has 1 N–H and O–H groups in total. The molecule has 0 radical (unpaired) electrons. The van der Waals surface area contributed by atoms with Crippen LogP contribution in [0.1, 0.15) is 43.2 Å². The summed E-state index contributed by atoms with van der Waals surface area (Å²) in [5.41, 5.74) is 1.75. The second-order valence-corrected chi connectivity index (χ2v) is 8.25. The predicted molar refractivity (Wildman–Crippen MR) is 107 cm³/mol. The highest BCUT2D eigenvalue weighted by Gasteiger charge is 2.38. The van der Waals surface area contributed by atoms with Crippen LogP contribution < -0.4 is 5.32 Å². The highest BCUT2D eigenvalue weighted by molar-refractivity contribution is 5.89. The van der Waals surface area contributed by atoms with Crippen molar-refractivity contribution in [3.05, 3.63) is 65.7 Å². The van der Waals surface area contributed by atoms with Crippen molar-refractivity contribution in [3.8, 4) is 0 Å². The summed E-state index contributed by atoms with van der Waals surface area (Å²) in [7, 11) is 0. The Morgan fingerprint density at radius 1 is 1.21 bits per heavy atom. The van der Waals surface area contributed by atoms with Gasteiger partial charge in [0.05, 0.1) is 5.92 Å². The van der Waals surface area contributed by atoms with Gasteiger partial charge in [-0.1, -0.05) is 25.0 Å². The predicted octanol–water partition coefficient (Wildman–Crippen LogP) is 3.20. The second-order valence-electron chi connectivity index (χ2n) is 8.25. The molecule has 29 heavy (non-hydrogen) atoms. The van der Waals surface area contributed by atoms with Gasteiger partial charge in [0.25, 0.3) is 0 Å². The molecule has 2 aromatic rings. The van der Waals surface area contributed by atoms with Crippen molar-refractivity contribution in [1.29, 1.82) is 0 Å². The average Bonchev–Trinajstić information content (AvgIpc) is 3.35. The molecule has 4 rings (SSSR count). The van der Waals surface area contributed by atoms with E-state index in [1.54, 1.807) is 29.4 Å². The standard InChI is InChI=1S/C23H26FN3O2/c24-20-5-3-4-19(13-20)23(8-1-2-9-23)16-26-22(29)18-12-21(28)27(15-18)14-17-6-10-25-11-7-17/h3-7,10-11,13,18H,1-2,8-9,12,14-16H2,(H,26,29)/t18-/m1/s1. The summed E-state index contributed by atoms with van der Waals surface area (Å²) in [6, 6.07) is 10.5. The summed E-state index contributed by atoms with van der Waals surface area (Å²) in [5.74, 6) is -0.663. The number of likely N-dealkylation sites (tertiary alicyclic amines) is 1. The van der Waals surface area contributed by atoms with E-state index >= 15 is 0 Å². The molecule has 1 saturated heterocycles. The maximum atomic E-state index is 13.8. The largest absolute Gasteiger partial charge is 0.355 e. The summed E-state index contributed by atoms with van der Waals surface area (Å²) in [6.07, 6.45) is 7.68. The minimum atomic E-state index is -0.338. The SMILES string of the molecule is O=C(NCC1(c2cccc(F)c2)CCCC1)[C@@H]1CC(=O)N(Cc2ccncc2)C1. The topological polar surface area (TPSA) is 62.3 Å². The molecule has 0 unspecified atom stereocenters. The normalized spacial score (nSPS) is 20.8. The Morgan fingerprint density at radius 2 is 1.97 bits per heavy atom.